The van der Waals surface area contributed by atoms with E-state index in [1.165, 1.54) is 0 Å². The van der Waals surface area contributed by atoms with Gasteiger partial charge in [-0.05, 0) is 54.4 Å². The first kappa shape index (κ1) is 19.6. The third-order valence-corrected chi connectivity index (χ3v) is 3.80. The maximum Gasteiger partial charge on any atom is 0.224 e. The molecule has 2 rings (SSSR count). The van der Waals surface area contributed by atoms with Gasteiger partial charge in [-0.25, -0.2) is 0 Å². The topological polar surface area (TPSA) is 66.0 Å². The van der Waals surface area contributed by atoms with Crippen LogP contribution in [0.25, 0.3) is 0 Å². The number of carbonyl (C=O) groups excluding carboxylic acids is 1. The molecule has 0 aliphatic rings. The Hall–Kier alpha value is -2.73. The van der Waals surface area contributed by atoms with Crippen molar-refractivity contribution in [3.8, 4) is 17.2 Å². The maximum absolute atomic E-state index is 12.2. The van der Waals surface area contributed by atoms with Gasteiger partial charge in [0.05, 0.1) is 20.8 Å². The third-order valence-electron chi connectivity index (χ3n) is 3.80. The van der Waals surface area contributed by atoms with Crippen molar-refractivity contribution >= 4 is 11.6 Å². The molecule has 2 aromatic rings. The normalized spacial score (nSPS) is 10.3. The van der Waals surface area contributed by atoms with Crippen molar-refractivity contribution in [3.63, 3.8) is 0 Å². The summed E-state index contributed by atoms with van der Waals surface area (Å²) in [5.74, 6) is 2.16. The van der Waals surface area contributed by atoms with Crippen molar-refractivity contribution < 1.29 is 23.7 Å². The Bertz CT molecular complexity index is 700. The molecule has 0 aliphatic carbocycles. The van der Waals surface area contributed by atoms with Crippen molar-refractivity contribution in [2.45, 2.75) is 12.8 Å². The third kappa shape index (κ3) is 5.97. The molecule has 1 amide bonds. The fourth-order valence-electron chi connectivity index (χ4n) is 2.43. The monoisotopic (exact) mass is 359 g/mol. The summed E-state index contributed by atoms with van der Waals surface area (Å²) in [6, 6.07) is 12.8. The lowest BCUT2D eigenvalue weighted by atomic mass is 10.1. The summed E-state index contributed by atoms with van der Waals surface area (Å²) in [5, 5.41) is 2.88. The standard InChI is InChI=1S/C20H25NO5/c1-23-12-13-26-17-7-5-16(6-8-17)21-20(22)11-4-15-14-18(24-2)9-10-19(15)25-3/h5-10,14H,4,11-13H2,1-3H3,(H,21,22). The van der Waals surface area contributed by atoms with Crippen LogP contribution in [0, 0.1) is 0 Å². The SMILES string of the molecule is COCCOc1ccc(NC(=O)CCc2cc(OC)ccc2OC)cc1. The highest BCUT2D eigenvalue weighted by Crippen LogP contribution is 2.25. The first-order valence-corrected chi connectivity index (χ1v) is 8.39. The minimum atomic E-state index is -0.0667. The second kappa shape index (κ2) is 10.3. The van der Waals surface area contributed by atoms with Gasteiger partial charge in [-0.2, -0.15) is 0 Å². The van der Waals surface area contributed by atoms with Gasteiger partial charge in [0.1, 0.15) is 23.9 Å². The van der Waals surface area contributed by atoms with Crippen molar-refractivity contribution in [2.75, 3.05) is 39.9 Å². The molecule has 26 heavy (non-hydrogen) atoms. The number of benzene rings is 2. The molecule has 6 nitrogen and oxygen atoms in total. The summed E-state index contributed by atoms with van der Waals surface area (Å²) in [6.07, 6.45) is 0.903. The Kier molecular flexibility index (Phi) is 7.76. The highest BCUT2D eigenvalue weighted by atomic mass is 16.5. The first-order valence-electron chi connectivity index (χ1n) is 8.39. The van der Waals surface area contributed by atoms with Crippen LogP contribution in [-0.4, -0.2) is 40.5 Å². The van der Waals surface area contributed by atoms with E-state index < -0.39 is 0 Å². The molecule has 0 saturated carbocycles. The van der Waals surface area contributed by atoms with E-state index >= 15 is 0 Å². The number of ether oxygens (including phenoxy) is 4. The van der Waals surface area contributed by atoms with Crippen LogP contribution >= 0.6 is 0 Å². The number of hydrogen-bond donors (Lipinski definition) is 1. The zero-order valence-corrected chi connectivity index (χ0v) is 15.4. The summed E-state index contributed by atoms with van der Waals surface area (Å²) in [4.78, 5) is 12.2. The molecule has 0 radical (unpaired) electrons. The molecule has 0 spiro atoms. The molecule has 6 heteroatoms. The van der Waals surface area contributed by atoms with Crippen LogP contribution in [0.2, 0.25) is 0 Å². The minimum Gasteiger partial charge on any atom is -0.497 e. The Balaban J connectivity index is 1.87. The van der Waals surface area contributed by atoms with Crippen LogP contribution in [0.4, 0.5) is 5.69 Å². The average molecular weight is 359 g/mol. The van der Waals surface area contributed by atoms with Crippen LogP contribution in [-0.2, 0) is 16.0 Å². The summed E-state index contributed by atoms with van der Waals surface area (Å²) in [6.45, 7) is 1.02. The van der Waals surface area contributed by atoms with Crippen LogP contribution in [0.3, 0.4) is 0 Å². The summed E-state index contributed by atoms with van der Waals surface area (Å²) in [7, 11) is 4.85. The number of methoxy groups -OCH3 is 3. The molecule has 0 heterocycles. The highest BCUT2D eigenvalue weighted by Gasteiger charge is 2.09. The maximum atomic E-state index is 12.2. The average Bonchev–Trinajstić information content (AvgIpc) is 2.67. The molecule has 0 atom stereocenters. The van der Waals surface area contributed by atoms with E-state index in [1.807, 2.05) is 42.5 Å². The Morgan fingerprint density at radius 2 is 1.65 bits per heavy atom. The number of nitrogens with one attached hydrogen (secondary N) is 1. The van der Waals surface area contributed by atoms with E-state index in [9.17, 15) is 4.79 Å². The molecule has 140 valence electrons. The van der Waals surface area contributed by atoms with Gasteiger partial charge < -0.3 is 24.3 Å². The van der Waals surface area contributed by atoms with E-state index in [2.05, 4.69) is 5.32 Å². The molecule has 0 bridgehead atoms. The second-order valence-electron chi connectivity index (χ2n) is 5.59. The fraction of sp³-hybridized carbons (Fsp3) is 0.350. The summed E-state index contributed by atoms with van der Waals surface area (Å²) < 4.78 is 21.0. The van der Waals surface area contributed by atoms with Crippen molar-refractivity contribution in [1.29, 1.82) is 0 Å². The zero-order chi connectivity index (χ0) is 18.8. The van der Waals surface area contributed by atoms with E-state index in [4.69, 9.17) is 18.9 Å². The van der Waals surface area contributed by atoms with E-state index in [0.29, 0.717) is 26.1 Å². The van der Waals surface area contributed by atoms with Gasteiger partial charge in [0.2, 0.25) is 5.91 Å². The molecule has 0 aliphatic heterocycles. The van der Waals surface area contributed by atoms with Crippen molar-refractivity contribution in [3.05, 3.63) is 48.0 Å². The van der Waals surface area contributed by atoms with Crippen molar-refractivity contribution in [1.82, 2.24) is 0 Å². The lowest BCUT2D eigenvalue weighted by molar-refractivity contribution is -0.116. The smallest absolute Gasteiger partial charge is 0.224 e. The Morgan fingerprint density at radius 1 is 0.923 bits per heavy atom. The van der Waals surface area contributed by atoms with Gasteiger partial charge >= 0.3 is 0 Å². The van der Waals surface area contributed by atoms with Gasteiger partial charge in [0, 0.05) is 19.2 Å². The van der Waals surface area contributed by atoms with Gasteiger partial charge in [0.15, 0.2) is 0 Å². The van der Waals surface area contributed by atoms with Crippen LogP contribution in [0.15, 0.2) is 42.5 Å². The lowest BCUT2D eigenvalue weighted by Crippen LogP contribution is -2.12. The van der Waals surface area contributed by atoms with E-state index in [0.717, 1.165) is 28.5 Å². The molecule has 0 saturated heterocycles. The van der Waals surface area contributed by atoms with Gasteiger partial charge in [0.25, 0.3) is 0 Å². The molecule has 1 N–H and O–H groups in total. The minimum absolute atomic E-state index is 0.0667. The molecule has 0 fully saturated rings. The van der Waals surface area contributed by atoms with Gasteiger partial charge in [-0.15, -0.1) is 0 Å². The van der Waals surface area contributed by atoms with Crippen LogP contribution in [0.1, 0.15) is 12.0 Å². The number of aryl methyl sites for hydroxylation is 1. The number of carbonyl (C=O) groups is 1. The quantitative estimate of drug-likeness (QED) is 0.660. The molecule has 0 aromatic heterocycles. The molecular formula is C20H25NO5. The Morgan fingerprint density at radius 3 is 2.31 bits per heavy atom. The zero-order valence-electron chi connectivity index (χ0n) is 15.4. The molecular weight excluding hydrogens is 334 g/mol. The summed E-state index contributed by atoms with van der Waals surface area (Å²) in [5.41, 5.74) is 1.66. The second-order valence-corrected chi connectivity index (χ2v) is 5.59. The van der Waals surface area contributed by atoms with Crippen molar-refractivity contribution in [2.24, 2.45) is 0 Å². The number of anilines is 1. The number of rotatable bonds is 10. The predicted molar refractivity (Wildman–Crippen MR) is 100 cm³/mol. The summed E-state index contributed by atoms with van der Waals surface area (Å²) >= 11 is 0. The predicted octanol–water partition coefficient (Wildman–Crippen LogP) is 3.30. The van der Waals surface area contributed by atoms with E-state index in [-0.39, 0.29) is 5.91 Å². The largest absolute Gasteiger partial charge is 0.497 e. The van der Waals surface area contributed by atoms with Gasteiger partial charge in [-0.3, -0.25) is 4.79 Å². The van der Waals surface area contributed by atoms with Gasteiger partial charge in [-0.1, -0.05) is 0 Å². The molecule has 2 aromatic carbocycles. The first-order chi connectivity index (χ1) is 12.7. The number of hydrogen-bond acceptors (Lipinski definition) is 5. The lowest BCUT2D eigenvalue weighted by Gasteiger charge is -2.11. The van der Waals surface area contributed by atoms with Crippen LogP contribution in [0.5, 0.6) is 17.2 Å². The Labute approximate surface area is 154 Å². The van der Waals surface area contributed by atoms with Crippen LogP contribution < -0.4 is 19.5 Å². The fourth-order valence-corrected chi connectivity index (χ4v) is 2.43. The van der Waals surface area contributed by atoms with E-state index in [1.54, 1.807) is 21.3 Å². The number of amides is 1. The molecule has 0 unspecified atom stereocenters. The highest BCUT2D eigenvalue weighted by molar-refractivity contribution is 5.90.